The van der Waals surface area contributed by atoms with E-state index in [1.54, 1.807) is 6.07 Å². The molecule has 2 atom stereocenters. The normalized spacial score (nSPS) is 21.9. The molecule has 1 aliphatic carbocycles. The first kappa shape index (κ1) is 11.4. The van der Waals surface area contributed by atoms with E-state index in [9.17, 15) is 9.59 Å². The van der Waals surface area contributed by atoms with E-state index in [4.69, 9.17) is 10.8 Å². The summed E-state index contributed by atoms with van der Waals surface area (Å²) in [5.41, 5.74) is 6.20. The highest BCUT2D eigenvalue weighted by molar-refractivity contribution is 6.02. The summed E-state index contributed by atoms with van der Waals surface area (Å²) in [4.78, 5) is 22.7. The van der Waals surface area contributed by atoms with E-state index in [1.165, 1.54) is 12.1 Å². The molecule has 0 radical (unpaired) electrons. The molecule has 2 unspecified atom stereocenters. The Balaban J connectivity index is 2.20. The minimum atomic E-state index is -1.10. The lowest BCUT2D eigenvalue weighted by Crippen LogP contribution is -2.17. The number of rotatable bonds is 3. The first-order valence-corrected chi connectivity index (χ1v) is 5.42. The maximum Gasteiger partial charge on any atom is 0.337 e. The number of carboxylic acid groups (broad SMARTS) is 1. The molecular formula is C12H14N2O3. The summed E-state index contributed by atoms with van der Waals surface area (Å²) in [6, 6.07) is 4.43. The van der Waals surface area contributed by atoms with Crippen molar-refractivity contribution in [1.82, 2.24) is 0 Å². The molecule has 5 heteroatoms. The molecule has 17 heavy (non-hydrogen) atoms. The predicted molar refractivity (Wildman–Crippen MR) is 63.7 cm³/mol. The number of anilines is 2. The largest absolute Gasteiger partial charge is 0.478 e. The van der Waals surface area contributed by atoms with E-state index in [1.807, 2.05) is 6.92 Å². The Kier molecular flexibility index (Phi) is 2.75. The first-order chi connectivity index (χ1) is 7.99. The van der Waals surface area contributed by atoms with Gasteiger partial charge < -0.3 is 16.2 Å². The Morgan fingerprint density at radius 2 is 2.12 bits per heavy atom. The van der Waals surface area contributed by atoms with Gasteiger partial charge in [0.15, 0.2) is 0 Å². The van der Waals surface area contributed by atoms with Crippen LogP contribution in [0.4, 0.5) is 11.4 Å². The zero-order chi connectivity index (χ0) is 12.6. The Morgan fingerprint density at radius 1 is 1.47 bits per heavy atom. The molecule has 1 amide bonds. The number of nitrogens with two attached hydrogens (primary N) is 1. The molecule has 1 saturated carbocycles. The van der Waals surface area contributed by atoms with Crippen molar-refractivity contribution in [3.63, 3.8) is 0 Å². The summed E-state index contributed by atoms with van der Waals surface area (Å²) in [7, 11) is 0. The van der Waals surface area contributed by atoms with Gasteiger partial charge in [-0.15, -0.1) is 0 Å². The molecule has 90 valence electrons. The predicted octanol–water partition coefficient (Wildman–Crippen LogP) is 1.56. The molecule has 0 aromatic heterocycles. The third-order valence-electron chi connectivity index (χ3n) is 2.98. The zero-order valence-corrected chi connectivity index (χ0v) is 9.43. The second kappa shape index (κ2) is 4.08. The molecular weight excluding hydrogens is 220 g/mol. The van der Waals surface area contributed by atoms with Gasteiger partial charge in [-0.1, -0.05) is 6.92 Å². The van der Waals surface area contributed by atoms with Crippen LogP contribution in [0.2, 0.25) is 0 Å². The Bertz CT molecular complexity index is 485. The van der Waals surface area contributed by atoms with Gasteiger partial charge in [-0.05, 0) is 30.5 Å². The zero-order valence-electron chi connectivity index (χ0n) is 9.43. The van der Waals surface area contributed by atoms with Crippen molar-refractivity contribution in [2.45, 2.75) is 13.3 Å². The maximum absolute atomic E-state index is 11.7. The number of amides is 1. The topological polar surface area (TPSA) is 92.4 Å². The minimum absolute atomic E-state index is 0.00852. The van der Waals surface area contributed by atoms with Gasteiger partial charge in [0.05, 0.1) is 11.3 Å². The maximum atomic E-state index is 11.7. The monoisotopic (exact) mass is 234 g/mol. The van der Waals surface area contributed by atoms with E-state index in [0.717, 1.165) is 6.42 Å². The lowest BCUT2D eigenvalue weighted by Gasteiger charge is -2.08. The molecule has 1 fully saturated rings. The van der Waals surface area contributed by atoms with Crippen LogP contribution in [-0.2, 0) is 4.79 Å². The van der Waals surface area contributed by atoms with Gasteiger partial charge in [-0.25, -0.2) is 4.79 Å². The van der Waals surface area contributed by atoms with Crippen LogP contribution in [0.1, 0.15) is 23.7 Å². The smallest absolute Gasteiger partial charge is 0.337 e. The van der Waals surface area contributed by atoms with Crippen molar-refractivity contribution < 1.29 is 14.7 Å². The SMILES string of the molecule is CC1CC1C(=O)Nc1ccc(N)cc1C(=O)O. The van der Waals surface area contributed by atoms with E-state index in [-0.39, 0.29) is 17.4 Å². The molecule has 4 N–H and O–H groups in total. The standard InChI is InChI=1S/C12H14N2O3/c1-6-4-8(6)11(15)14-10-3-2-7(13)5-9(10)12(16)17/h2-3,5-6,8H,4,13H2,1H3,(H,14,15)(H,16,17). The summed E-state index contributed by atoms with van der Waals surface area (Å²) < 4.78 is 0. The molecule has 0 bridgehead atoms. The van der Waals surface area contributed by atoms with Crippen LogP contribution < -0.4 is 11.1 Å². The second-order valence-electron chi connectivity index (χ2n) is 4.42. The number of nitrogens with one attached hydrogen (secondary N) is 1. The van der Waals surface area contributed by atoms with E-state index < -0.39 is 5.97 Å². The lowest BCUT2D eigenvalue weighted by molar-refractivity contribution is -0.117. The molecule has 0 aliphatic heterocycles. The van der Waals surface area contributed by atoms with Crippen LogP contribution in [0, 0.1) is 11.8 Å². The van der Waals surface area contributed by atoms with Gasteiger partial charge in [-0.2, -0.15) is 0 Å². The van der Waals surface area contributed by atoms with Crippen LogP contribution in [0.15, 0.2) is 18.2 Å². The second-order valence-corrected chi connectivity index (χ2v) is 4.42. The van der Waals surface area contributed by atoms with Gasteiger partial charge in [0, 0.05) is 11.6 Å². The number of nitrogen functional groups attached to an aromatic ring is 1. The molecule has 5 nitrogen and oxygen atoms in total. The van der Waals surface area contributed by atoms with Gasteiger partial charge >= 0.3 is 5.97 Å². The molecule has 1 aliphatic rings. The van der Waals surface area contributed by atoms with Crippen molar-refractivity contribution in [2.24, 2.45) is 11.8 Å². The third-order valence-corrected chi connectivity index (χ3v) is 2.98. The fourth-order valence-electron chi connectivity index (χ4n) is 1.76. The number of hydrogen-bond donors (Lipinski definition) is 3. The van der Waals surface area contributed by atoms with E-state index in [2.05, 4.69) is 5.32 Å². The highest BCUT2D eigenvalue weighted by Gasteiger charge is 2.39. The summed E-state index contributed by atoms with van der Waals surface area (Å²) in [6.07, 6.45) is 0.864. The fraction of sp³-hybridized carbons (Fsp3) is 0.333. The number of benzene rings is 1. The lowest BCUT2D eigenvalue weighted by atomic mass is 10.1. The number of aromatic carboxylic acids is 1. The van der Waals surface area contributed by atoms with Gasteiger partial charge in [0.25, 0.3) is 0 Å². The first-order valence-electron chi connectivity index (χ1n) is 5.42. The van der Waals surface area contributed by atoms with Crippen molar-refractivity contribution >= 4 is 23.3 Å². The van der Waals surface area contributed by atoms with Crippen LogP contribution in [0.5, 0.6) is 0 Å². The van der Waals surface area contributed by atoms with Gasteiger partial charge in [-0.3, -0.25) is 4.79 Å². The van der Waals surface area contributed by atoms with Crippen molar-refractivity contribution in [3.8, 4) is 0 Å². The molecule has 1 aromatic carbocycles. The fourth-order valence-corrected chi connectivity index (χ4v) is 1.76. The molecule has 0 spiro atoms. The summed E-state index contributed by atoms with van der Waals surface area (Å²) in [5.74, 6) is -0.826. The number of hydrogen-bond acceptors (Lipinski definition) is 3. The van der Waals surface area contributed by atoms with E-state index in [0.29, 0.717) is 17.3 Å². The minimum Gasteiger partial charge on any atom is -0.478 e. The molecule has 2 rings (SSSR count). The highest BCUT2D eigenvalue weighted by atomic mass is 16.4. The summed E-state index contributed by atoms with van der Waals surface area (Å²) in [5, 5.41) is 11.6. The quantitative estimate of drug-likeness (QED) is 0.692. The number of carbonyl (C=O) groups is 2. The molecule has 0 saturated heterocycles. The van der Waals surface area contributed by atoms with Crippen molar-refractivity contribution in [1.29, 1.82) is 0 Å². The average Bonchev–Trinajstić information content (AvgIpc) is 2.98. The van der Waals surface area contributed by atoms with Gasteiger partial charge in [0.2, 0.25) is 5.91 Å². The van der Waals surface area contributed by atoms with Crippen molar-refractivity contribution in [3.05, 3.63) is 23.8 Å². The van der Waals surface area contributed by atoms with Crippen molar-refractivity contribution in [2.75, 3.05) is 11.1 Å². The number of carbonyl (C=O) groups excluding carboxylic acids is 1. The summed E-state index contributed by atoms with van der Waals surface area (Å²) in [6.45, 7) is 1.99. The highest BCUT2D eigenvalue weighted by Crippen LogP contribution is 2.38. The third kappa shape index (κ3) is 2.38. The number of carboxylic acids is 1. The van der Waals surface area contributed by atoms with E-state index >= 15 is 0 Å². The average molecular weight is 234 g/mol. The Hall–Kier alpha value is -2.04. The molecule has 1 aromatic rings. The van der Waals surface area contributed by atoms with Gasteiger partial charge in [0.1, 0.15) is 0 Å². The molecule has 0 heterocycles. The Morgan fingerprint density at radius 3 is 2.65 bits per heavy atom. The van der Waals surface area contributed by atoms with Crippen LogP contribution in [0.25, 0.3) is 0 Å². The van der Waals surface area contributed by atoms with Crippen LogP contribution in [0.3, 0.4) is 0 Å². The Labute approximate surface area is 98.6 Å². The summed E-state index contributed by atoms with van der Waals surface area (Å²) >= 11 is 0. The van der Waals surface area contributed by atoms with Crippen LogP contribution >= 0.6 is 0 Å². The van der Waals surface area contributed by atoms with Crippen LogP contribution in [-0.4, -0.2) is 17.0 Å².